The third-order valence-corrected chi connectivity index (χ3v) is 1.66. The van der Waals surface area contributed by atoms with Gasteiger partial charge in [-0.2, -0.15) is 0 Å². The molecule has 0 radical (unpaired) electrons. The van der Waals surface area contributed by atoms with Crippen molar-refractivity contribution in [3.63, 3.8) is 0 Å². The molecule has 0 nitrogen and oxygen atoms in total. The predicted octanol–water partition coefficient (Wildman–Crippen LogP) is 3.70. The first-order valence-corrected chi connectivity index (χ1v) is 4.69. The molecule has 66 valence electrons. The molecule has 0 unspecified atom stereocenters. The normalized spacial score (nSPS) is 11.0. The molecule has 0 aliphatic carbocycles. The van der Waals surface area contributed by atoms with E-state index in [0.717, 1.165) is 0 Å². The van der Waals surface area contributed by atoms with E-state index in [4.69, 9.17) is 6.42 Å². The van der Waals surface area contributed by atoms with Crippen LogP contribution in [0.4, 0.5) is 0 Å². The molecule has 0 aromatic rings. The average molecular weight is 162 g/mol. The average Bonchev–Trinajstić information content (AvgIpc) is 2.10. The lowest BCUT2D eigenvalue weighted by molar-refractivity contribution is 0.674. The van der Waals surface area contributed by atoms with Crippen molar-refractivity contribution in [3.8, 4) is 12.3 Å². The van der Waals surface area contributed by atoms with E-state index in [0.29, 0.717) is 0 Å². The molecule has 0 N–H and O–H groups in total. The monoisotopic (exact) mass is 162 g/mol. The Morgan fingerprint density at radius 2 is 2.00 bits per heavy atom. The Labute approximate surface area is 76.4 Å². The van der Waals surface area contributed by atoms with Crippen LogP contribution in [0, 0.1) is 12.3 Å². The van der Waals surface area contributed by atoms with Crippen molar-refractivity contribution in [1.29, 1.82) is 0 Å². The van der Waals surface area contributed by atoms with Gasteiger partial charge in [-0.25, -0.2) is 0 Å². The van der Waals surface area contributed by atoms with Crippen molar-refractivity contribution < 1.29 is 0 Å². The van der Waals surface area contributed by atoms with Crippen LogP contribution < -0.4 is 0 Å². The number of terminal acetylenes is 1. The summed E-state index contributed by atoms with van der Waals surface area (Å²) in [4.78, 5) is 0. The smallest absolute Gasteiger partial charge is 0.0122 e. The SMILES string of the molecule is C#C/C=C/C=C/CCCCCC. The van der Waals surface area contributed by atoms with E-state index in [1.165, 1.54) is 32.1 Å². The van der Waals surface area contributed by atoms with Crippen LogP contribution >= 0.6 is 0 Å². The fourth-order valence-electron chi connectivity index (χ4n) is 0.975. The Kier molecular flexibility index (Phi) is 9.24. The van der Waals surface area contributed by atoms with Crippen LogP contribution in [0.25, 0.3) is 0 Å². The molecule has 0 bridgehead atoms. The molecule has 0 spiro atoms. The standard InChI is InChI=1S/C12H18/c1-3-5-7-9-11-12-10-8-6-4-2/h1,5,7,9,11H,4,6,8,10,12H2,2H3/b7-5+,11-9+. The topological polar surface area (TPSA) is 0 Å². The van der Waals surface area contributed by atoms with Crippen molar-refractivity contribution in [3.05, 3.63) is 24.3 Å². The summed E-state index contributed by atoms with van der Waals surface area (Å²) in [7, 11) is 0. The molecule has 0 aliphatic heterocycles. The highest BCUT2D eigenvalue weighted by Crippen LogP contribution is 2.02. The van der Waals surface area contributed by atoms with Gasteiger partial charge in [0, 0.05) is 0 Å². The van der Waals surface area contributed by atoms with Gasteiger partial charge in [0.2, 0.25) is 0 Å². The van der Waals surface area contributed by atoms with Gasteiger partial charge in [0.15, 0.2) is 0 Å². The molecule has 0 aromatic carbocycles. The Hall–Kier alpha value is -0.960. The molecule has 0 saturated heterocycles. The zero-order valence-electron chi connectivity index (χ0n) is 7.92. The lowest BCUT2D eigenvalue weighted by Gasteiger charge is -1.92. The third-order valence-electron chi connectivity index (χ3n) is 1.66. The molecule has 0 saturated carbocycles. The number of unbranched alkanes of at least 4 members (excludes halogenated alkanes) is 4. The Morgan fingerprint density at radius 3 is 2.67 bits per heavy atom. The van der Waals surface area contributed by atoms with Crippen molar-refractivity contribution in [2.75, 3.05) is 0 Å². The summed E-state index contributed by atoms with van der Waals surface area (Å²) in [6, 6.07) is 0. The van der Waals surface area contributed by atoms with Crippen molar-refractivity contribution >= 4 is 0 Å². The molecule has 0 atom stereocenters. The van der Waals surface area contributed by atoms with E-state index in [1.54, 1.807) is 6.08 Å². The zero-order chi connectivity index (χ0) is 9.07. The van der Waals surface area contributed by atoms with Crippen molar-refractivity contribution in [2.45, 2.75) is 39.0 Å². The van der Waals surface area contributed by atoms with Gasteiger partial charge in [0.05, 0.1) is 0 Å². The molecule has 0 amide bonds. The number of rotatable bonds is 6. The maximum atomic E-state index is 5.04. The first-order valence-electron chi connectivity index (χ1n) is 4.69. The van der Waals surface area contributed by atoms with E-state index >= 15 is 0 Å². The van der Waals surface area contributed by atoms with Crippen LogP contribution in [-0.2, 0) is 0 Å². The quantitative estimate of drug-likeness (QED) is 0.317. The first-order chi connectivity index (χ1) is 5.91. The summed E-state index contributed by atoms with van der Waals surface area (Å²) in [5.74, 6) is 2.45. The van der Waals surface area contributed by atoms with Crippen LogP contribution in [-0.4, -0.2) is 0 Å². The molecular formula is C12H18. The number of hydrogen-bond acceptors (Lipinski definition) is 0. The Morgan fingerprint density at radius 1 is 1.17 bits per heavy atom. The summed E-state index contributed by atoms with van der Waals surface area (Å²) in [5.41, 5.74) is 0. The first kappa shape index (κ1) is 11.0. The summed E-state index contributed by atoms with van der Waals surface area (Å²) >= 11 is 0. The summed E-state index contributed by atoms with van der Waals surface area (Å²) < 4.78 is 0. The third kappa shape index (κ3) is 9.04. The van der Waals surface area contributed by atoms with E-state index in [2.05, 4.69) is 18.9 Å². The number of allylic oxidation sites excluding steroid dienone is 4. The minimum absolute atomic E-state index is 1.18. The maximum absolute atomic E-state index is 5.04. The van der Waals surface area contributed by atoms with Gasteiger partial charge < -0.3 is 0 Å². The van der Waals surface area contributed by atoms with Crippen molar-refractivity contribution in [1.82, 2.24) is 0 Å². The molecule has 0 fully saturated rings. The van der Waals surface area contributed by atoms with Crippen LogP contribution in [0.2, 0.25) is 0 Å². The second-order valence-corrected chi connectivity index (χ2v) is 2.80. The highest BCUT2D eigenvalue weighted by atomic mass is 13.9. The van der Waals surface area contributed by atoms with Gasteiger partial charge in [-0.3, -0.25) is 0 Å². The second-order valence-electron chi connectivity index (χ2n) is 2.80. The summed E-state index contributed by atoms with van der Waals surface area (Å²) in [6.45, 7) is 2.23. The van der Waals surface area contributed by atoms with E-state index in [9.17, 15) is 0 Å². The van der Waals surface area contributed by atoms with Crippen molar-refractivity contribution in [2.24, 2.45) is 0 Å². The molecule has 12 heavy (non-hydrogen) atoms. The fraction of sp³-hybridized carbons (Fsp3) is 0.500. The number of hydrogen-bond donors (Lipinski definition) is 0. The van der Waals surface area contributed by atoms with Crippen LogP contribution in [0.1, 0.15) is 39.0 Å². The van der Waals surface area contributed by atoms with Gasteiger partial charge in [-0.15, -0.1) is 6.42 Å². The van der Waals surface area contributed by atoms with Crippen LogP contribution in [0.15, 0.2) is 24.3 Å². The van der Waals surface area contributed by atoms with Crippen LogP contribution in [0.3, 0.4) is 0 Å². The molecule has 0 heterocycles. The summed E-state index contributed by atoms with van der Waals surface area (Å²) in [6.07, 6.45) is 19.3. The van der Waals surface area contributed by atoms with Gasteiger partial charge in [0.1, 0.15) is 0 Å². The molecular weight excluding hydrogens is 144 g/mol. The largest absolute Gasteiger partial charge is 0.115 e. The van der Waals surface area contributed by atoms with E-state index in [-0.39, 0.29) is 0 Å². The highest BCUT2D eigenvalue weighted by molar-refractivity contribution is 5.15. The minimum atomic E-state index is 1.18. The van der Waals surface area contributed by atoms with E-state index in [1.807, 2.05) is 12.2 Å². The van der Waals surface area contributed by atoms with Gasteiger partial charge in [-0.1, -0.05) is 50.3 Å². The maximum Gasteiger partial charge on any atom is -0.0122 e. The molecule has 0 aliphatic rings. The highest BCUT2D eigenvalue weighted by Gasteiger charge is 1.82. The minimum Gasteiger partial charge on any atom is -0.115 e. The van der Waals surface area contributed by atoms with Gasteiger partial charge in [-0.05, 0) is 18.9 Å². The lowest BCUT2D eigenvalue weighted by atomic mass is 10.1. The van der Waals surface area contributed by atoms with Crippen LogP contribution in [0.5, 0.6) is 0 Å². The van der Waals surface area contributed by atoms with E-state index < -0.39 is 0 Å². The Balaban J connectivity index is 3.14. The van der Waals surface area contributed by atoms with Gasteiger partial charge >= 0.3 is 0 Å². The second kappa shape index (κ2) is 10.0. The molecule has 0 aromatic heterocycles. The fourth-order valence-corrected chi connectivity index (χ4v) is 0.975. The molecule has 0 rings (SSSR count). The summed E-state index contributed by atoms with van der Waals surface area (Å²) in [5, 5.41) is 0. The molecule has 0 heteroatoms. The van der Waals surface area contributed by atoms with Gasteiger partial charge in [0.25, 0.3) is 0 Å². The predicted molar refractivity (Wildman–Crippen MR) is 55.9 cm³/mol. The lowest BCUT2D eigenvalue weighted by Crippen LogP contribution is -1.72. The zero-order valence-corrected chi connectivity index (χ0v) is 7.92. The Bertz CT molecular complexity index is 167.